The van der Waals surface area contributed by atoms with E-state index in [0.29, 0.717) is 12.0 Å². The van der Waals surface area contributed by atoms with E-state index in [0.717, 1.165) is 12.5 Å². The van der Waals surface area contributed by atoms with Crippen molar-refractivity contribution >= 4 is 5.91 Å². The summed E-state index contributed by atoms with van der Waals surface area (Å²) in [5, 5.41) is 0. The minimum absolute atomic E-state index is 0.245. The summed E-state index contributed by atoms with van der Waals surface area (Å²) in [4.78, 5) is 13.4. The molecule has 0 aromatic rings. The van der Waals surface area contributed by atoms with Gasteiger partial charge in [-0.2, -0.15) is 0 Å². The van der Waals surface area contributed by atoms with Crippen LogP contribution in [0.5, 0.6) is 0 Å². The molecule has 1 amide bonds. The zero-order valence-corrected chi connectivity index (χ0v) is 9.21. The van der Waals surface area contributed by atoms with E-state index < -0.39 is 0 Å². The molecule has 0 bridgehead atoms. The fourth-order valence-electron chi connectivity index (χ4n) is 2.60. The van der Waals surface area contributed by atoms with Crippen LogP contribution < -0.4 is 0 Å². The van der Waals surface area contributed by atoms with Crippen molar-refractivity contribution in [3.63, 3.8) is 0 Å². The van der Waals surface area contributed by atoms with Crippen molar-refractivity contribution in [3.05, 3.63) is 0 Å². The lowest BCUT2D eigenvalue weighted by Gasteiger charge is -2.30. The lowest BCUT2D eigenvalue weighted by molar-refractivity contribution is -0.130. The number of hydrogen-bond donors (Lipinski definition) is 0. The van der Waals surface area contributed by atoms with Crippen LogP contribution in [0, 0.1) is 11.8 Å². The zero-order valence-electron chi connectivity index (χ0n) is 9.21. The van der Waals surface area contributed by atoms with E-state index in [1.54, 1.807) is 6.92 Å². The average molecular weight is 183 g/mol. The highest BCUT2D eigenvalue weighted by atomic mass is 16.2. The number of carbonyl (C=O) groups excluding carboxylic acids is 1. The molecule has 0 radical (unpaired) electrons. The Kier molecular flexibility index (Phi) is 3.34. The second-order valence-electron chi connectivity index (χ2n) is 4.40. The van der Waals surface area contributed by atoms with Gasteiger partial charge in [0, 0.05) is 19.5 Å². The number of amides is 1. The van der Waals surface area contributed by atoms with Gasteiger partial charge in [0.05, 0.1) is 0 Å². The SMILES string of the molecule is CCC1CCN(C(C)=O)C1C(C)C. The van der Waals surface area contributed by atoms with Crippen molar-refractivity contribution in [2.75, 3.05) is 6.54 Å². The van der Waals surface area contributed by atoms with Gasteiger partial charge in [0.1, 0.15) is 0 Å². The second-order valence-corrected chi connectivity index (χ2v) is 4.40. The molecule has 1 rings (SSSR count). The van der Waals surface area contributed by atoms with Crippen LogP contribution in [0.4, 0.5) is 0 Å². The Hall–Kier alpha value is -0.530. The van der Waals surface area contributed by atoms with Crippen LogP contribution in [-0.2, 0) is 4.79 Å². The van der Waals surface area contributed by atoms with E-state index in [1.807, 2.05) is 0 Å². The summed E-state index contributed by atoms with van der Waals surface area (Å²) in [7, 11) is 0. The van der Waals surface area contributed by atoms with E-state index in [9.17, 15) is 4.79 Å². The Labute approximate surface area is 81.3 Å². The third kappa shape index (κ3) is 2.04. The largest absolute Gasteiger partial charge is 0.339 e. The third-order valence-corrected chi connectivity index (χ3v) is 3.20. The van der Waals surface area contributed by atoms with E-state index in [4.69, 9.17) is 0 Å². The Bertz CT molecular complexity index is 189. The van der Waals surface area contributed by atoms with Gasteiger partial charge < -0.3 is 4.90 Å². The first-order valence-electron chi connectivity index (χ1n) is 5.35. The van der Waals surface area contributed by atoms with Crippen molar-refractivity contribution in [3.8, 4) is 0 Å². The van der Waals surface area contributed by atoms with Crippen LogP contribution in [0.25, 0.3) is 0 Å². The molecular weight excluding hydrogens is 162 g/mol. The van der Waals surface area contributed by atoms with Crippen LogP contribution >= 0.6 is 0 Å². The first-order chi connectivity index (χ1) is 6.07. The quantitative estimate of drug-likeness (QED) is 0.643. The van der Waals surface area contributed by atoms with Crippen molar-refractivity contribution in [1.29, 1.82) is 0 Å². The Morgan fingerprint density at radius 3 is 2.54 bits per heavy atom. The summed E-state index contributed by atoms with van der Waals surface area (Å²) in [5.74, 6) is 1.56. The molecule has 2 heteroatoms. The highest BCUT2D eigenvalue weighted by Crippen LogP contribution is 2.31. The molecule has 1 heterocycles. The summed E-state index contributed by atoms with van der Waals surface area (Å²) >= 11 is 0. The van der Waals surface area contributed by atoms with Crippen LogP contribution in [0.1, 0.15) is 40.5 Å². The Balaban J connectivity index is 2.72. The standard InChI is InChI=1S/C11H21NO/c1-5-10-6-7-12(9(4)13)11(10)8(2)3/h8,10-11H,5-7H2,1-4H3. The van der Waals surface area contributed by atoms with E-state index in [2.05, 4.69) is 25.7 Å². The maximum atomic E-state index is 11.3. The van der Waals surface area contributed by atoms with Gasteiger partial charge in [-0.1, -0.05) is 27.2 Å². The first-order valence-corrected chi connectivity index (χ1v) is 5.35. The zero-order chi connectivity index (χ0) is 10.0. The van der Waals surface area contributed by atoms with Crippen LogP contribution in [-0.4, -0.2) is 23.4 Å². The Morgan fingerprint density at radius 1 is 1.54 bits per heavy atom. The number of likely N-dealkylation sites (tertiary alicyclic amines) is 1. The maximum absolute atomic E-state index is 11.3. The lowest BCUT2D eigenvalue weighted by atomic mass is 9.89. The lowest BCUT2D eigenvalue weighted by Crippen LogP contribution is -2.39. The monoisotopic (exact) mass is 183 g/mol. The van der Waals surface area contributed by atoms with Gasteiger partial charge in [-0.15, -0.1) is 0 Å². The van der Waals surface area contributed by atoms with Crippen molar-refractivity contribution in [2.24, 2.45) is 11.8 Å². The van der Waals surface area contributed by atoms with E-state index in [-0.39, 0.29) is 5.91 Å². The summed E-state index contributed by atoms with van der Waals surface area (Å²) in [6.45, 7) is 9.32. The molecule has 76 valence electrons. The Morgan fingerprint density at radius 2 is 2.15 bits per heavy atom. The van der Waals surface area contributed by atoms with Crippen LogP contribution in [0.2, 0.25) is 0 Å². The molecule has 0 aromatic heterocycles. The highest BCUT2D eigenvalue weighted by Gasteiger charge is 2.36. The minimum atomic E-state index is 0.245. The number of nitrogens with zero attached hydrogens (tertiary/aromatic N) is 1. The number of carbonyl (C=O) groups is 1. The van der Waals surface area contributed by atoms with Gasteiger partial charge in [-0.3, -0.25) is 4.79 Å². The predicted molar refractivity (Wildman–Crippen MR) is 54.4 cm³/mol. The summed E-state index contributed by atoms with van der Waals surface area (Å²) in [5.41, 5.74) is 0. The van der Waals surface area contributed by atoms with Gasteiger partial charge in [0.15, 0.2) is 0 Å². The average Bonchev–Trinajstić information content (AvgIpc) is 2.46. The number of rotatable bonds is 2. The van der Waals surface area contributed by atoms with Gasteiger partial charge in [-0.05, 0) is 18.3 Å². The molecule has 1 aliphatic heterocycles. The molecule has 0 spiro atoms. The predicted octanol–water partition coefficient (Wildman–Crippen LogP) is 2.29. The number of hydrogen-bond acceptors (Lipinski definition) is 1. The fourth-order valence-corrected chi connectivity index (χ4v) is 2.60. The molecule has 2 atom stereocenters. The minimum Gasteiger partial charge on any atom is -0.339 e. The molecule has 2 unspecified atom stereocenters. The molecule has 0 aromatic carbocycles. The highest BCUT2D eigenvalue weighted by molar-refractivity contribution is 5.74. The van der Waals surface area contributed by atoms with Crippen LogP contribution in [0.15, 0.2) is 0 Å². The fraction of sp³-hybridized carbons (Fsp3) is 0.909. The van der Waals surface area contributed by atoms with E-state index >= 15 is 0 Å². The molecule has 2 nitrogen and oxygen atoms in total. The molecule has 1 aliphatic rings. The molecule has 1 fully saturated rings. The maximum Gasteiger partial charge on any atom is 0.219 e. The summed E-state index contributed by atoms with van der Waals surface area (Å²) in [6.07, 6.45) is 2.39. The molecule has 0 aliphatic carbocycles. The second kappa shape index (κ2) is 4.12. The van der Waals surface area contributed by atoms with Crippen LogP contribution in [0.3, 0.4) is 0 Å². The smallest absolute Gasteiger partial charge is 0.219 e. The van der Waals surface area contributed by atoms with Gasteiger partial charge in [0.2, 0.25) is 5.91 Å². The first kappa shape index (κ1) is 10.6. The molecular formula is C11H21NO. The molecule has 13 heavy (non-hydrogen) atoms. The third-order valence-electron chi connectivity index (χ3n) is 3.20. The van der Waals surface area contributed by atoms with E-state index in [1.165, 1.54) is 12.8 Å². The molecule has 0 N–H and O–H groups in total. The summed E-state index contributed by atoms with van der Waals surface area (Å²) in [6, 6.07) is 0.488. The summed E-state index contributed by atoms with van der Waals surface area (Å²) < 4.78 is 0. The van der Waals surface area contributed by atoms with Crippen molar-refractivity contribution < 1.29 is 4.79 Å². The van der Waals surface area contributed by atoms with Gasteiger partial charge >= 0.3 is 0 Å². The van der Waals surface area contributed by atoms with Crippen molar-refractivity contribution in [2.45, 2.75) is 46.6 Å². The van der Waals surface area contributed by atoms with Gasteiger partial charge in [0.25, 0.3) is 0 Å². The normalized spacial score (nSPS) is 28.5. The topological polar surface area (TPSA) is 20.3 Å². The molecule has 0 saturated carbocycles. The van der Waals surface area contributed by atoms with Crippen molar-refractivity contribution in [1.82, 2.24) is 4.90 Å². The molecule has 1 saturated heterocycles. The van der Waals surface area contributed by atoms with Gasteiger partial charge in [-0.25, -0.2) is 0 Å².